The molecule has 0 bridgehead atoms. The minimum absolute atomic E-state index is 0.157. The van der Waals surface area contributed by atoms with Gasteiger partial charge in [-0.2, -0.15) is 0 Å². The number of nitrogens with zero attached hydrogens (tertiary/aromatic N) is 1. The van der Waals surface area contributed by atoms with E-state index in [0.29, 0.717) is 12.1 Å². The number of carboxylic acid groups (broad SMARTS) is 1. The number of benzene rings is 1. The van der Waals surface area contributed by atoms with E-state index in [2.05, 4.69) is 5.32 Å². The second-order valence-electron chi connectivity index (χ2n) is 5.25. The maximum atomic E-state index is 11.1. The van der Waals surface area contributed by atoms with Crippen molar-refractivity contribution < 1.29 is 19.9 Å². The lowest BCUT2D eigenvalue weighted by Gasteiger charge is -2.23. The van der Waals surface area contributed by atoms with E-state index in [1.807, 2.05) is 0 Å². The summed E-state index contributed by atoms with van der Waals surface area (Å²) >= 11 is 0. The Labute approximate surface area is 121 Å². The Bertz CT molecular complexity index is 546. The molecular weight excluding hydrogens is 276 g/mol. The Morgan fingerprint density at radius 2 is 2.00 bits per heavy atom. The van der Waals surface area contributed by atoms with Gasteiger partial charge in [0.2, 0.25) is 0 Å². The molecule has 0 radical (unpaired) electrons. The molecule has 21 heavy (non-hydrogen) atoms. The number of nitrogens with one attached hydrogen (secondary N) is 1. The van der Waals surface area contributed by atoms with Crippen LogP contribution in [0, 0.1) is 10.1 Å². The van der Waals surface area contributed by atoms with E-state index in [1.165, 1.54) is 18.2 Å². The van der Waals surface area contributed by atoms with E-state index in [1.54, 1.807) is 0 Å². The molecule has 0 heterocycles. The van der Waals surface area contributed by atoms with Gasteiger partial charge in [-0.05, 0) is 25.0 Å². The van der Waals surface area contributed by atoms with Crippen LogP contribution in [0.4, 0.5) is 11.4 Å². The van der Waals surface area contributed by atoms with Gasteiger partial charge in [0.25, 0.3) is 5.69 Å². The lowest BCUT2D eigenvalue weighted by atomic mass is 10.0. The number of anilines is 1. The monoisotopic (exact) mass is 294 g/mol. The number of hydrogen-bond donors (Lipinski definition) is 3. The van der Waals surface area contributed by atoms with E-state index in [-0.39, 0.29) is 11.6 Å². The Hall–Kier alpha value is -2.15. The second-order valence-corrected chi connectivity index (χ2v) is 5.25. The number of carboxylic acids is 1. The SMILES string of the molecule is O=C(O)c1cc(NC2CCCCCC2O)ccc1[N+](=O)[O-]. The Morgan fingerprint density at radius 1 is 1.29 bits per heavy atom. The van der Waals surface area contributed by atoms with Crippen molar-refractivity contribution in [2.75, 3.05) is 5.32 Å². The van der Waals surface area contributed by atoms with E-state index in [0.717, 1.165) is 25.7 Å². The number of nitro groups is 1. The van der Waals surface area contributed by atoms with Crippen LogP contribution in [-0.2, 0) is 0 Å². The maximum Gasteiger partial charge on any atom is 0.342 e. The Morgan fingerprint density at radius 3 is 2.67 bits per heavy atom. The zero-order valence-corrected chi connectivity index (χ0v) is 11.5. The third kappa shape index (κ3) is 3.69. The van der Waals surface area contributed by atoms with Crippen molar-refractivity contribution in [1.29, 1.82) is 0 Å². The molecule has 1 aliphatic rings. The largest absolute Gasteiger partial charge is 0.477 e. The smallest absolute Gasteiger partial charge is 0.342 e. The molecule has 0 amide bonds. The summed E-state index contributed by atoms with van der Waals surface area (Å²) in [4.78, 5) is 21.2. The van der Waals surface area contributed by atoms with Crippen molar-refractivity contribution >= 4 is 17.3 Å². The van der Waals surface area contributed by atoms with Gasteiger partial charge in [-0.15, -0.1) is 0 Å². The summed E-state index contributed by atoms with van der Waals surface area (Å²) in [5.41, 5.74) is -0.313. The first-order chi connectivity index (χ1) is 9.99. The molecule has 0 spiro atoms. The van der Waals surface area contributed by atoms with Gasteiger partial charge >= 0.3 is 5.97 Å². The fourth-order valence-corrected chi connectivity index (χ4v) is 2.63. The van der Waals surface area contributed by atoms with Crippen molar-refractivity contribution in [3.8, 4) is 0 Å². The van der Waals surface area contributed by atoms with Gasteiger partial charge in [0.1, 0.15) is 5.56 Å². The molecule has 1 aromatic carbocycles. The van der Waals surface area contributed by atoms with Gasteiger partial charge in [0.05, 0.1) is 17.1 Å². The van der Waals surface area contributed by atoms with Crippen LogP contribution in [-0.4, -0.2) is 33.3 Å². The first-order valence-electron chi connectivity index (χ1n) is 6.95. The summed E-state index contributed by atoms with van der Waals surface area (Å²) in [7, 11) is 0. The summed E-state index contributed by atoms with van der Waals surface area (Å²) < 4.78 is 0. The van der Waals surface area contributed by atoms with Gasteiger partial charge in [-0.3, -0.25) is 10.1 Å². The summed E-state index contributed by atoms with van der Waals surface area (Å²) in [5.74, 6) is -1.34. The van der Waals surface area contributed by atoms with Crippen LogP contribution in [0.25, 0.3) is 0 Å². The standard InChI is InChI=1S/C14H18N2O5/c17-13-5-3-1-2-4-11(13)15-9-6-7-12(16(20)21)10(8-9)14(18)19/h6-8,11,13,15,17H,1-5H2,(H,18,19). The van der Waals surface area contributed by atoms with Crippen LogP contribution < -0.4 is 5.32 Å². The van der Waals surface area contributed by atoms with Crippen LogP contribution in [0.5, 0.6) is 0 Å². The van der Waals surface area contributed by atoms with Crippen molar-refractivity contribution in [1.82, 2.24) is 0 Å². The van der Waals surface area contributed by atoms with Gasteiger partial charge < -0.3 is 15.5 Å². The molecule has 7 heteroatoms. The van der Waals surface area contributed by atoms with Gasteiger partial charge in [-0.25, -0.2) is 4.79 Å². The van der Waals surface area contributed by atoms with Crippen LogP contribution in [0.2, 0.25) is 0 Å². The molecule has 0 saturated heterocycles. The van der Waals surface area contributed by atoms with Crippen molar-refractivity contribution in [3.63, 3.8) is 0 Å². The third-order valence-electron chi connectivity index (χ3n) is 3.76. The van der Waals surface area contributed by atoms with Crippen LogP contribution in [0.1, 0.15) is 42.5 Å². The molecule has 114 valence electrons. The minimum atomic E-state index is -1.34. The average molecular weight is 294 g/mol. The average Bonchev–Trinajstić information content (AvgIpc) is 2.64. The topological polar surface area (TPSA) is 113 Å². The molecule has 7 nitrogen and oxygen atoms in total. The number of aliphatic hydroxyl groups is 1. The normalized spacial score (nSPS) is 22.3. The fraction of sp³-hybridized carbons (Fsp3) is 0.500. The quantitative estimate of drug-likeness (QED) is 0.446. The van der Waals surface area contributed by atoms with Crippen LogP contribution in [0.15, 0.2) is 18.2 Å². The van der Waals surface area contributed by atoms with Crippen LogP contribution >= 0.6 is 0 Å². The van der Waals surface area contributed by atoms with Crippen molar-refractivity contribution in [2.45, 2.75) is 44.2 Å². The predicted molar refractivity (Wildman–Crippen MR) is 76.6 cm³/mol. The van der Waals surface area contributed by atoms with Gasteiger partial charge in [0.15, 0.2) is 0 Å². The molecule has 2 unspecified atom stereocenters. The first kappa shape index (κ1) is 15.2. The second kappa shape index (κ2) is 6.53. The van der Waals surface area contributed by atoms with Crippen molar-refractivity contribution in [2.24, 2.45) is 0 Å². The fourth-order valence-electron chi connectivity index (χ4n) is 2.63. The number of carbonyl (C=O) groups is 1. The molecule has 1 aliphatic carbocycles. The summed E-state index contributed by atoms with van der Waals surface area (Å²) in [6.45, 7) is 0. The molecule has 1 fully saturated rings. The number of aliphatic hydroxyl groups excluding tert-OH is 1. The Balaban J connectivity index is 2.22. The molecule has 1 saturated carbocycles. The van der Waals surface area contributed by atoms with Crippen molar-refractivity contribution in [3.05, 3.63) is 33.9 Å². The highest BCUT2D eigenvalue weighted by Crippen LogP contribution is 2.26. The molecule has 3 N–H and O–H groups in total. The first-order valence-corrected chi connectivity index (χ1v) is 6.95. The molecule has 2 atom stereocenters. The number of hydrogen-bond acceptors (Lipinski definition) is 5. The number of rotatable bonds is 4. The van der Waals surface area contributed by atoms with Gasteiger partial charge in [0, 0.05) is 11.8 Å². The zero-order valence-electron chi connectivity index (χ0n) is 11.5. The van der Waals surface area contributed by atoms with E-state index in [9.17, 15) is 20.0 Å². The highest BCUT2D eigenvalue weighted by molar-refractivity contribution is 5.93. The molecule has 0 aromatic heterocycles. The highest BCUT2D eigenvalue weighted by Gasteiger charge is 2.24. The number of nitro benzene ring substituents is 1. The van der Waals surface area contributed by atoms with E-state index < -0.39 is 22.7 Å². The third-order valence-corrected chi connectivity index (χ3v) is 3.76. The number of aromatic carboxylic acids is 1. The summed E-state index contributed by atoms with van der Waals surface area (Å²) in [6.07, 6.45) is 4.04. The van der Waals surface area contributed by atoms with E-state index in [4.69, 9.17) is 5.11 Å². The zero-order chi connectivity index (χ0) is 15.4. The predicted octanol–water partition coefficient (Wildman–Crippen LogP) is 2.40. The summed E-state index contributed by atoms with van der Waals surface area (Å²) in [5, 5.41) is 33.0. The minimum Gasteiger partial charge on any atom is -0.477 e. The lowest BCUT2D eigenvalue weighted by molar-refractivity contribution is -0.385. The van der Waals surface area contributed by atoms with E-state index >= 15 is 0 Å². The molecule has 1 aromatic rings. The molecule has 0 aliphatic heterocycles. The maximum absolute atomic E-state index is 11.1. The summed E-state index contributed by atoms with van der Waals surface area (Å²) in [6, 6.07) is 3.74. The van der Waals surface area contributed by atoms with Crippen LogP contribution in [0.3, 0.4) is 0 Å². The van der Waals surface area contributed by atoms with Gasteiger partial charge in [-0.1, -0.05) is 19.3 Å². The lowest BCUT2D eigenvalue weighted by Crippen LogP contribution is -2.32. The molecular formula is C14H18N2O5. The Kier molecular flexibility index (Phi) is 4.74. The highest BCUT2D eigenvalue weighted by atomic mass is 16.6. The molecule has 2 rings (SSSR count).